The number of aromatic nitrogens is 1. The first-order valence-electron chi connectivity index (χ1n) is 5.92. The Kier molecular flexibility index (Phi) is 5.30. The molecule has 0 aliphatic rings. The molecule has 2 N–H and O–H groups in total. The van der Waals surface area contributed by atoms with E-state index in [9.17, 15) is 9.59 Å². The second-order valence-corrected chi connectivity index (χ2v) is 4.30. The Bertz CT molecular complexity index is 406. The SMILES string of the molecule is CC(NC(=O)CCc1ccccn1)C(C)C(=O)O. The average molecular weight is 250 g/mol. The quantitative estimate of drug-likeness (QED) is 0.796. The van der Waals surface area contributed by atoms with Gasteiger partial charge in [-0.3, -0.25) is 14.6 Å². The first-order valence-corrected chi connectivity index (χ1v) is 5.92. The maximum atomic E-state index is 11.6. The highest BCUT2D eigenvalue weighted by Gasteiger charge is 2.20. The highest BCUT2D eigenvalue weighted by Crippen LogP contribution is 2.04. The van der Waals surface area contributed by atoms with Crippen molar-refractivity contribution in [2.45, 2.75) is 32.7 Å². The fourth-order valence-electron chi connectivity index (χ4n) is 1.45. The van der Waals surface area contributed by atoms with Crippen LogP contribution < -0.4 is 5.32 Å². The summed E-state index contributed by atoms with van der Waals surface area (Å²) in [5.41, 5.74) is 0.853. The first kappa shape index (κ1) is 14.2. The molecule has 1 rings (SSSR count). The molecule has 1 aromatic rings. The third-order valence-electron chi connectivity index (χ3n) is 2.86. The van der Waals surface area contributed by atoms with Crippen LogP contribution in [0, 0.1) is 5.92 Å². The lowest BCUT2D eigenvalue weighted by Gasteiger charge is -2.17. The number of nitrogens with one attached hydrogen (secondary N) is 1. The lowest BCUT2D eigenvalue weighted by molar-refractivity contribution is -0.142. The molecule has 0 aliphatic heterocycles. The predicted molar refractivity (Wildman–Crippen MR) is 67.0 cm³/mol. The van der Waals surface area contributed by atoms with Crippen molar-refractivity contribution in [3.63, 3.8) is 0 Å². The van der Waals surface area contributed by atoms with E-state index in [2.05, 4.69) is 10.3 Å². The van der Waals surface area contributed by atoms with Gasteiger partial charge in [-0.25, -0.2) is 0 Å². The maximum absolute atomic E-state index is 11.6. The topological polar surface area (TPSA) is 79.3 Å². The van der Waals surface area contributed by atoms with Gasteiger partial charge in [0.25, 0.3) is 0 Å². The van der Waals surface area contributed by atoms with Gasteiger partial charge in [0.1, 0.15) is 0 Å². The van der Waals surface area contributed by atoms with E-state index < -0.39 is 11.9 Å². The summed E-state index contributed by atoms with van der Waals surface area (Å²) in [6, 6.07) is 5.17. The number of nitrogens with zero attached hydrogens (tertiary/aromatic N) is 1. The lowest BCUT2D eigenvalue weighted by atomic mass is 10.0. The summed E-state index contributed by atoms with van der Waals surface area (Å²) >= 11 is 0. The molecule has 18 heavy (non-hydrogen) atoms. The van der Waals surface area contributed by atoms with Crippen molar-refractivity contribution in [1.82, 2.24) is 10.3 Å². The normalized spacial score (nSPS) is 13.7. The van der Waals surface area contributed by atoms with E-state index >= 15 is 0 Å². The van der Waals surface area contributed by atoms with Gasteiger partial charge < -0.3 is 10.4 Å². The number of rotatable bonds is 6. The van der Waals surface area contributed by atoms with Crippen LogP contribution in [0.4, 0.5) is 0 Å². The van der Waals surface area contributed by atoms with Gasteiger partial charge in [-0.15, -0.1) is 0 Å². The minimum atomic E-state index is -0.910. The number of carboxylic acids is 1. The van der Waals surface area contributed by atoms with Crippen molar-refractivity contribution in [2.24, 2.45) is 5.92 Å². The lowest BCUT2D eigenvalue weighted by Crippen LogP contribution is -2.40. The van der Waals surface area contributed by atoms with Gasteiger partial charge in [0.05, 0.1) is 5.92 Å². The zero-order valence-corrected chi connectivity index (χ0v) is 10.6. The zero-order valence-electron chi connectivity index (χ0n) is 10.6. The average Bonchev–Trinajstić information content (AvgIpc) is 2.36. The molecule has 0 radical (unpaired) electrons. The van der Waals surface area contributed by atoms with E-state index in [0.717, 1.165) is 5.69 Å². The van der Waals surface area contributed by atoms with Gasteiger partial charge >= 0.3 is 5.97 Å². The molecule has 5 nitrogen and oxygen atoms in total. The Morgan fingerprint density at radius 1 is 1.39 bits per heavy atom. The van der Waals surface area contributed by atoms with Crippen molar-refractivity contribution in [1.29, 1.82) is 0 Å². The highest BCUT2D eigenvalue weighted by molar-refractivity contribution is 5.78. The van der Waals surface area contributed by atoms with Crippen LogP contribution in [-0.2, 0) is 16.0 Å². The molecule has 1 heterocycles. The maximum Gasteiger partial charge on any atom is 0.308 e. The standard InChI is InChI=1S/C13H18N2O3/c1-9(13(17)18)10(2)15-12(16)7-6-11-5-3-4-8-14-11/h3-5,8-10H,6-7H2,1-2H3,(H,15,16)(H,17,18). The molecule has 5 heteroatoms. The summed E-state index contributed by atoms with van der Waals surface area (Å²) in [5, 5.41) is 11.5. The minimum Gasteiger partial charge on any atom is -0.481 e. The molecular formula is C13H18N2O3. The van der Waals surface area contributed by atoms with Crippen molar-refractivity contribution in [3.8, 4) is 0 Å². The highest BCUT2D eigenvalue weighted by atomic mass is 16.4. The summed E-state index contributed by atoms with van der Waals surface area (Å²) in [5.74, 6) is -1.66. The number of hydrogen-bond donors (Lipinski definition) is 2. The van der Waals surface area contributed by atoms with Crippen LogP contribution in [0.5, 0.6) is 0 Å². The van der Waals surface area contributed by atoms with E-state index in [0.29, 0.717) is 12.8 Å². The Labute approximate surface area is 106 Å². The van der Waals surface area contributed by atoms with Crippen molar-refractivity contribution < 1.29 is 14.7 Å². The van der Waals surface area contributed by atoms with Gasteiger partial charge in [0.15, 0.2) is 0 Å². The number of aryl methyl sites for hydroxylation is 1. The van der Waals surface area contributed by atoms with E-state index in [1.807, 2.05) is 18.2 Å². The van der Waals surface area contributed by atoms with Crippen LogP contribution in [0.3, 0.4) is 0 Å². The number of amides is 1. The van der Waals surface area contributed by atoms with Crippen LogP contribution in [-0.4, -0.2) is 28.0 Å². The van der Waals surface area contributed by atoms with E-state index in [1.54, 1.807) is 20.0 Å². The minimum absolute atomic E-state index is 0.152. The molecule has 0 spiro atoms. The number of carboxylic acid groups (broad SMARTS) is 1. The Morgan fingerprint density at radius 3 is 2.67 bits per heavy atom. The van der Waals surface area contributed by atoms with Gasteiger partial charge in [-0.05, 0) is 32.4 Å². The Hall–Kier alpha value is -1.91. The van der Waals surface area contributed by atoms with Crippen LogP contribution in [0.1, 0.15) is 26.0 Å². The number of carbonyl (C=O) groups excluding carboxylic acids is 1. The van der Waals surface area contributed by atoms with Crippen molar-refractivity contribution in [2.75, 3.05) is 0 Å². The summed E-state index contributed by atoms with van der Waals surface area (Å²) in [4.78, 5) is 26.5. The van der Waals surface area contributed by atoms with Crippen LogP contribution in [0.15, 0.2) is 24.4 Å². The second-order valence-electron chi connectivity index (χ2n) is 4.30. The van der Waals surface area contributed by atoms with Crippen LogP contribution in [0.25, 0.3) is 0 Å². The summed E-state index contributed by atoms with van der Waals surface area (Å²) in [7, 11) is 0. The smallest absolute Gasteiger partial charge is 0.308 e. The predicted octanol–water partition coefficient (Wildman–Crippen LogP) is 1.24. The van der Waals surface area contributed by atoms with Gasteiger partial charge in [0.2, 0.25) is 5.91 Å². The van der Waals surface area contributed by atoms with Crippen molar-refractivity contribution in [3.05, 3.63) is 30.1 Å². The van der Waals surface area contributed by atoms with Gasteiger partial charge in [0, 0.05) is 24.4 Å². The molecule has 1 aromatic heterocycles. The summed E-state index contributed by atoms with van der Waals surface area (Å²) in [6.07, 6.45) is 2.55. The number of pyridine rings is 1. The molecule has 0 aliphatic carbocycles. The molecule has 1 amide bonds. The molecular weight excluding hydrogens is 232 g/mol. The zero-order chi connectivity index (χ0) is 13.5. The van der Waals surface area contributed by atoms with Crippen molar-refractivity contribution >= 4 is 11.9 Å². The Balaban J connectivity index is 2.36. The Morgan fingerprint density at radius 2 is 2.11 bits per heavy atom. The van der Waals surface area contributed by atoms with Crippen LogP contribution in [0.2, 0.25) is 0 Å². The molecule has 0 saturated carbocycles. The third-order valence-corrected chi connectivity index (χ3v) is 2.86. The first-order chi connectivity index (χ1) is 8.50. The number of aliphatic carboxylic acids is 1. The third kappa shape index (κ3) is 4.53. The molecule has 98 valence electrons. The van der Waals surface area contributed by atoms with Crippen LogP contribution >= 0.6 is 0 Å². The monoisotopic (exact) mass is 250 g/mol. The van der Waals surface area contributed by atoms with E-state index in [4.69, 9.17) is 5.11 Å². The summed E-state index contributed by atoms with van der Waals surface area (Å²) < 4.78 is 0. The number of carbonyl (C=O) groups is 2. The molecule has 0 aromatic carbocycles. The second kappa shape index (κ2) is 6.74. The molecule has 2 atom stereocenters. The summed E-state index contributed by atoms with van der Waals surface area (Å²) in [6.45, 7) is 3.27. The van der Waals surface area contributed by atoms with E-state index in [1.165, 1.54) is 0 Å². The number of hydrogen-bond acceptors (Lipinski definition) is 3. The van der Waals surface area contributed by atoms with Gasteiger partial charge in [-0.2, -0.15) is 0 Å². The molecule has 0 fully saturated rings. The molecule has 0 bridgehead atoms. The largest absolute Gasteiger partial charge is 0.481 e. The van der Waals surface area contributed by atoms with Gasteiger partial charge in [-0.1, -0.05) is 6.07 Å². The fraction of sp³-hybridized carbons (Fsp3) is 0.462. The van der Waals surface area contributed by atoms with E-state index in [-0.39, 0.29) is 11.9 Å². The fourth-order valence-corrected chi connectivity index (χ4v) is 1.45. The molecule has 0 saturated heterocycles. The molecule has 2 unspecified atom stereocenters.